The number of ether oxygens (including phenoxy) is 2. The lowest BCUT2D eigenvalue weighted by atomic mass is 10.1. The lowest BCUT2D eigenvalue weighted by Crippen LogP contribution is -2.41. The molecule has 0 spiro atoms. The van der Waals surface area contributed by atoms with Crippen LogP contribution in [-0.4, -0.2) is 72.9 Å². The van der Waals surface area contributed by atoms with Gasteiger partial charge in [0.15, 0.2) is 5.11 Å². The molecule has 1 aromatic carbocycles. The zero-order valence-corrected chi connectivity index (χ0v) is 18.0. The molecule has 158 valence electrons. The van der Waals surface area contributed by atoms with E-state index in [9.17, 15) is 4.79 Å². The van der Waals surface area contributed by atoms with Gasteiger partial charge in [0.05, 0.1) is 26.4 Å². The van der Waals surface area contributed by atoms with E-state index in [0.29, 0.717) is 23.8 Å². The van der Waals surface area contributed by atoms with E-state index in [-0.39, 0.29) is 5.56 Å². The second-order valence-corrected chi connectivity index (χ2v) is 7.48. The van der Waals surface area contributed by atoms with Crippen molar-refractivity contribution in [3.63, 3.8) is 0 Å². The van der Waals surface area contributed by atoms with Crippen molar-refractivity contribution >= 4 is 28.2 Å². The minimum atomic E-state index is -0.0845. The van der Waals surface area contributed by atoms with Gasteiger partial charge in [-0.15, -0.1) is 0 Å². The fourth-order valence-corrected chi connectivity index (χ4v) is 3.69. The number of thiocarbonyl (C=S) groups is 1. The number of nitrogens with zero attached hydrogens (tertiary/aromatic N) is 2. The summed E-state index contributed by atoms with van der Waals surface area (Å²) in [6.07, 6.45) is 0.974. The van der Waals surface area contributed by atoms with E-state index >= 15 is 0 Å². The molecule has 0 unspecified atom stereocenters. The van der Waals surface area contributed by atoms with Gasteiger partial charge in [-0.25, -0.2) is 0 Å². The summed E-state index contributed by atoms with van der Waals surface area (Å²) in [7, 11) is 1.82. The number of benzene rings is 1. The highest BCUT2D eigenvalue weighted by Crippen LogP contribution is 2.19. The van der Waals surface area contributed by atoms with Crippen molar-refractivity contribution in [1.82, 2.24) is 20.1 Å². The first kappa shape index (κ1) is 21.5. The summed E-state index contributed by atoms with van der Waals surface area (Å²) in [5.74, 6) is 0.797. The van der Waals surface area contributed by atoms with Gasteiger partial charge in [-0.2, -0.15) is 0 Å². The average molecular weight is 419 g/mol. The number of hydrogen-bond acceptors (Lipinski definition) is 5. The molecule has 0 amide bonds. The maximum absolute atomic E-state index is 12.6. The molecule has 0 aliphatic carbocycles. The van der Waals surface area contributed by atoms with Crippen LogP contribution < -0.4 is 15.6 Å². The molecule has 0 atom stereocenters. The predicted molar refractivity (Wildman–Crippen MR) is 120 cm³/mol. The van der Waals surface area contributed by atoms with Crippen LogP contribution in [0.2, 0.25) is 0 Å². The van der Waals surface area contributed by atoms with Crippen molar-refractivity contribution in [2.45, 2.75) is 19.9 Å². The molecule has 0 saturated carbocycles. The lowest BCUT2D eigenvalue weighted by molar-refractivity contribution is 0.0367. The summed E-state index contributed by atoms with van der Waals surface area (Å²) in [5, 5.41) is 4.65. The first-order valence-corrected chi connectivity index (χ1v) is 10.6. The van der Waals surface area contributed by atoms with E-state index < -0.39 is 0 Å². The Morgan fingerprint density at radius 1 is 1.34 bits per heavy atom. The number of H-pyrrole nitrogens is 1. The van der Waals surface area contributed by atoms with Crippen LogP contribution in [0.5, 0.6) is 5.75 Å². The van der Waals surface area contributed by atoms with Crippen molar-refractivity contribution in [2.75, 3.05) is 53.0 Å². The third-order valence-electron chi connectivity index (χ3n) is 5.07. The number of fused-ring (bicyclic) bond motifs is 1. The topological polar surface area (TPSA) is 69.8 Å². The Labute approximate surface area is 177 Å². The fourth-order valence-electron chi connectivity index (χ4n) is 3.53. The van der Waals surface area contributed by atoms with Gasteiger partial charge in [0.2, 0.25) is 0 Å². The minimum absolute atomic E-state index is 0.0845. The van der Waals surface area contributed by atoms with Gasteiger partial charge >= 0.3 is 0 Å². The van der Waals surface area contributed by atoms with Crippen LogP contribution in [0.15, 0.2) is 29.1 Å². The number of hydrogen-bond donors (Lipinski definition) is 2. The molecular formula is C21H30N4O3S. The van der Waals surface area contributed by atoms with Crippen LogP contribution in [0.3, 0.4) is 0 Å². The number of nitrogens with one attached hydrogen (secondary N) is 2. The molecule has 1 aliphatic heterocycles. The summed E-state index contributed by atoms with van der Waals surface area (Å²) in [6.45, 7) is 8.36. The van der Waals surface area contributed by atoms with Crippen LogP contribution in [-0.2, 0) is 11.3 Å². The molecule has 1 saturated heterocycles. The molecular weight excluding hydrogens is 388 g/mol. The normalized spacial score (nSPS) is 14.7. The Balaban J connectivity index is 1.71. The third kappa shape index (κ3) is 5.91. The summed E-state index contributed by atoms with van der Waals surface area (Å²) in [5.41, 5.74) is 1.41. The third-order valence-corrected chi connectivity index (χ3v) is 5.53. The van der Waals surface area contributed by atoms with E-state index in [1.54, 1.807) is 0 Å². The largest absolute Gasteiger partial charge is 0.494 e. The molecule has 0 bridgehead atoms. The van der Waals surface area contributed by atoms with Gasteiger partial charge in [0, 0.05) is 49.7 Å². The van der Waals surface area contributed by atoms with Crippen LogP contribution >= 0.6 is 12.2 Å². The maximum Gasteiger partial charge on any atom is 0.253 e. The number of aromatic nitrogens is 1. The van der Waals surface area contributed by atoms with Gasteiger partial charge in [-0.3, -0.25) is 9.69 Å². The van der Waals surface area contributed by atoms with Crippen molar-refractivity contribution in [3.8, 4) is 5.75 Å². The van der Waals surface area contributed by atoms with E-state index in [2.05, 4.69) is 20.1 Å². The number of aromatic amines is 1. The standard InChI is InChI=1S/C21H30N4O3S/c1-3-28-18-5-6-19-16(14-18)13-17(20(26)23-19)15-25(21(29)22-2)8-4-7-24-9-11-27-12-10-24/h5-6,13-14H,3-4,7-12,15H2,1-2H3,(H,22,29)(H,23,26). The zero-order chi connectivity index (χ0) is 20.6. The Morgan fingerprint density at radius 3 is 2.86 bits per heavy atom. The first-order chi connectivity index (χ1) is 14.1. The van der Waals surface area contributed by atoms with Crippen molar-refractivity contribution in [1.29, 1.82) is 0 Å². The van der Waals surface area contributed by atoms with Crippen molar-refractivity contribution in [3.05, 3.63) is 40.2 Å². The molecule has 8 heteroatoms. The second kappa shape index (κ2) is 10.6. The van der Waals surface area contributed by atoms with Crippen LogP contribution in [0.4, 0.5) is 0 Å². The predicted octanol–water partition coefficient (Wildman–Crippen LogP) is 1.96. The van der Waals surface area contributed by atoms with Gasteiger partial charge < -0.3 is 24.7 Å². The monoisotopic (exact) mass is 418 g/mol. The van der Waals surface area contributed by atoms with Crippen molar-refractivity contribution in [2.24, 2.45) is 0 Å². The Bertz CT molecular complexity index is 880. The minimum Gasteiger partial charge on any atom is -0.494 e. The molecule has 1 aromatic heterocycles. The molecule has 1 aliphatic rings. The Hall–Kier alpha value is -2.16. The smallest absolute Gasteiger partial charge is 0.253 e. The van der Waals surface area contributed by atoms with Crippen LogP contribution in [0, 0.1) is 0 Å². The molecule has 1 fully saturated rings. The zero-order valence-electron chi connectivity index (χ0n) is 17.2. The summed E-state index contributed by atoms with van der Waals surface area (Å²) >= 11 is 5.49. The number of morpholine rings is 1. The van der Waals surface area contributed by atoms with E-state index in [1.807, 2.05) is 38.2 Å². The van der Waals surface area contributed by atoms with Gasteiger partial charge in [0.25, 0.3) is 5.56 Å². The highest BCUT2D eigenvalue weighted by molar-refractivity contribution is 7.80. The maximum atomic E-state index is 12.6. The van der Waals surface area contributed by atoms with Crippen LogP contribution in [0.1, 0.15) is 18.9 Å². The van der Waals surface area contributed by atoms with E-state index in [1.165, 1.54) is 0 Å². The number of rotatable bonds is 8. The number of pyridine rings is 1. The molecule has 29 heavy (non-hydrogen) atoms. The van der Waals surface area contributed by atoms with Gasteiger partial charge in [-0.05, 0) is 49.8 Å². The summed E-state index contributed by atoms with van der Waals surface area (Å²) < 4.78 is 11.0. The lowest BCUT2D eigenvalue weighted by Gasteiger charge is -2.29. The highest BCUT2D eigenvalue weighted by atomic mass is 32.1. The van der Waals surface area contributed by atoms with Gasteiger partial charge in [0.1, 0.15) is 5.75 Å². The van der Waals surface area contributed by atoms with Crippen molar-refractivity contribution < 1.29 is 9.47 Å². The molecule has 0 radical (unpaired) electrons. The second-order valence-electron chi connectivity index (χ2n) is 7.09. The quantitative estimate of drug-likeness (QED) is 0.635. The van der Waals surface area contributed by atoms with E-state index in [0.717, 1.165) is 62.5 Å². The molecule has 3 rings (SSSR count). The first-order valence-electron chi connectivity index (χ1n) is 10.2. The SMILES string of the molecule is CCOc1ccc2[nH]c(=O)c(CN(CCCN3CCOCC3)C(=S)NC)cc2c1. The van der Waals surface area contributed by atoms with E-state index in [4.69, 9.17) is 21.7 Å². The molecule has 7 nitrogen and oxygen atoms in total. The average Bonchev–Trinajstić information content (AvgIpc) is 2.74. The summed E-state index contributed by atoms with van der Waals surface area (Å²) in [6, 6.07) is 7.64. The molecule has 2 heterocycles. The molecule has 2 N–H and O–H groups in total. The fraction of sp³-hybridized carbons (Fsp3) is 0.524. The highest BCUT2D eigenvalue weighted by Gasteiger charge is 2.15. The molecule has 2 aromatic rings. The summed E-state index contributed by atoms with van der Waals surface area (Å²) in [4.78, 5) is 20.0. The van der Waals surface area contributed by atoms with Gasteiger partial charge in [-0.1, -0.05) is 0 Å². The Kier molecular flexibility index (Phi) is 7.85. The Morgan fingerprint density at radius 2 is 2.14 bits per heavy atom. The van der Waals surface area contributed by atoms with Crippen LogP contribution in [0.25, 0.3) is 10.9 Å².